The third-order valence-corrected chi connectivity index (χ3v) is 24.8. The minimum atomic E-state index is -2.19. The summed E-state index contributed by atoms with van der Waals surface area (Å²) < 4.78 is 28.7. The molecule has 4 nitrogen and oxygen atoms in total. The van der Waals surface area contributed by atoms with Crippen molar-refractivity contribution >= 4 is 25.0 Å². The molecule has 0 bridgehead atoms. The molecule has 0 N–H and O–H groups in total. The molecule has 1 aliphatic heterocycles. The summed E-state index contributed by atoms with van der Waals surface area (Å²) in [5.74, 6) is 0.945. The van der Waals surface area contributed by atoms with Gasteiger partial charge in [0.1, 0.15) is 24.1 Å². The zero-order valence-corrected chi connectivity index (χ0v) is 33.0. The standard InChI is InChI=1S/C36H60O4Si3/c1-34(2,3)41(10,11)37-24-31-33(40-43(14,15)36(7,8)9)32(39-42(12,13)35(4,5)6)29-22-27-20-25-18-16-17-19-26(25)21-28(27)23-30(29)38-31/h16-19,22-23,31-33H,20-21,24H2,1-15H3/t31-,32-,33?/m1/s1. The van der Waals surface area contributed by atoms with Gasteiger partial charge in [0.05, 0.1) is 6.61 Å². The summed E-state index contributed by atoms with van der Waals surface area (Å²) in [4.78, 5) is 0. The van der Waals surface area contributed by atoms with E-state index in [-0.39, 0.29) is 33.4 Å². The zero-order chi connectivity index (χ0) is 32.4. The van der Waals surface area contributed by atoms with Crippen molar-refractivity contribution in [1.29, 1.82) is 0 Å². The molecule has 0 radical (unpaired) electrons. The Balaban J connectivity index is 1.85. The highest BCUT2D eigenvalue weighted by Gasteiger charge is 2.51. The van der Waals surface area contributed by atoms with Crippen molar-refractivity contribution in [1.82, 2.24) is 0 Å². The second-order valence-electron chi connectivity index (χ2n) is 17.7. The average Bonchev–Trinajstić information content (AvgIpc) is 2.84. The van der Waals surface area contributed by atoms with Crippen LogP contribution in [-0.4, -0.2) is 43.8 Å². The number of ether oxygens (including phenoxy) is 1. The SMILES string of the molecule is CC(C)(C)[Si](C)(C)OC[C@H]1Oc2cc3c(cc2[C@@H](O[Si](C)(C)C(C)(C)C)C1O[Si](C)(C)C(C)(C)C)Cc1ccccc1C3. The highest BCUT2D eigenvalue weighted by Crippen LogP contribution is 2.50. The minimum Gasteiger partial charge on any atom is -0.485 e. The van der Waals surface area contributed by atoms with Crippen LogP contribution in [0.5, 0.6) is 5.75 Å². The summed E-state index contributed by atoms with van der Waals surface area (Å²) in [5.41, 5.74) is 6.72. The van der Waals surface area contributed by atoms with Crippen molar-refractivity contribution in [2.75, 3.05) is 6.61 Å². The molecule has 0 fully saturated rings. The molecule has 2 aliphatic rings. The predicted molar refractivity (Wildman–Crippen MR) is 189 cm³/mol. The van der Waals surface area contributed by atoms with Crippen molar-refractivity contribution in [2.24, 2.45) is 0 Å². The van der Waals surface area contributed by atoms with Crippen LogP contribution in [0.1, 0.15) is 96.2 Å². The second kappa shape index (κ2) is 11.5. The monoisotopic (exact) mass is 640 g/mol. The lowest BCUT2D eigenvalue weighted by atomic mass is 9.83. The fourth-order valence-electron chi connectivity index (χ4n) is 5.17. The lowest BCUT2D eigenvalue weighted by molar-refractivity contribution is -0.0695. The molecule has 43 heavy (non-hydrogen) atoms. The fourth-order valence-corrected chi connectivity index (χ4v) is 8.74. The van der Waals surface area contributed by atoms with Crippen molar-refractivity contribution < 1.29 is 18.0 Å². The fraction of sp³-hybridized carbons (Fsp3) is 0.667. The van der Waals surface area contributed by atoms with Gasteiger partial charge in [-0.2, -0.15) is 0 Å². The minimum absolute atomic E-state index is 0.0548. The van der Waals surface area contributed by atoms with Gasteiger partial charge in [0, 0.05) is 5.56 Å². The number of rotatable bonds is 7. The Morgan fingerprint density at radius 1 is 0.651 bits per heavy atom. The molecule has 1 aliphatic carbocycles. The molecule has 7 heteroatoms. The van der Waals surface area contributed by atoms with E-state index in [2.05, 4.69) is 138 Å². The lowest BCUT2D eigenvalue weighted by Crippen LogP contribution is -2.57. The van der Waals surface area contributed by atoms with Gasteiger partial charge in [-0.1, -0.05) is 86.6 Å². The van der Waals surface area contributed by atoms with Gasteiger partial charge >= 0.3 is 0 Å². The van der Waals surface area contributed by atoms with E-state index in [0.717, 1.165) is 24.2 Å². The van der Waals surface area contributed by atoms with Gasteiger partial charge in [-0.15, -0.1) is 0 Å². The largest absolute Gasteiger partial charge is 0.485 e. The van der Waals surface area contributed by atoms with Gasteiger partial charge in [0.15, 0.2) is 25.0 Å². The summed E-state index contributed by atoms with van der Waals surface area (Å²) in [6.07, 6.45) is 1.16. The van der Waals surface area contributed by atoms with Crippen molar-refractivity contribution in [3.63, 3.8) is 0 Å². The van der Waals surface area contributed by atoms with Crippen LogP contribution in [0.4, 0.5) is 0 Å². The van der Waals surface area contributed by atoms with Crippen LogP contribution in [0, 0.1) is 0 Å². The third kappa shape index (κ3) is 7.12. The van der Waals surface area contributed by atoms with Crippen LogP contribution in [-0.2, 0) is 26.1 Å². The summed E-state index contributed by atoms with van der Waals surface area (Å²) >= 11 is 0. The molecule has 1 heterocycles. The van der Waals surface area contributed by atoms with Crippen LogP contribution >= 0.6 is 0 Å². The Kier molecular flexibility index (Phi) is 9.29. The van der Waals surface area contributed by atoms with Crippen molar-refractivity contribution in [3.05, 3.63) is 64.2 Å². The van der Waals surface area contributed by atoms with E-state index in [1.807, 2.05) is 0 Å². The summed E-state index contributed by atoms with van der Waals surface area (Å²) in [6, 6.07) is 13.6. The first-order valence-corrected chi connectivity index (χ1v) is 25.0. The van der Waals surface area contributed by atoms with Gasteiger partial charge in [0.25, 0.3) is 0 Å². The van der Waals surface area contributed by atoms with Crippen molar-refractivity contribution in [2.45, 2.75) is 148 Å². The van der Waals surface area contributed by atoms with Crippen molar-refractivity contribution in [3.8, 4) is 5.75 Å². The number of fused-ring (bicyclic) bond motifs is 3. The molecule has 0 amide bonds. The first-order valence-electron chi connectivity index (χ1n) is 16.3. The molecule has 2 aromatic carbocycles. The van der Waals surface area contributed by atoms with Crippen LogP contribution in [0.3, 0.4) is 0 Å². The summed E-state index contributed by atoms with van der Waals surface area (Å²) in [6.45, 7) is 35.4. The Morgan fingerprint density at radius 2 is 1.12 bits per heavy atom. The molecule has 3 atom stereocenters. The Morgan fingerprint density at radius 3 is 1.60 bits per heavy atom. The molecule has 2 aromatic rings. The molecule has 240 valence electrons. The molecule has 0 saturated heterocycles. The Bertz CT molecular complexity index is 1310. The third-order valence-electron chi connectivity index (χ3n) is 11.3. The van der Waals surface area contributed by atoms with Crippen LogP contribution in [0.2, 0.25) is 54.4 Å². The Hall–Kier alpha value is -1.23. The maximum Gasteiger partial charge on any atom is 0.193 e. The predicted octanol–water partition coefficient (Wildman–Crippen LogP) is 10.4. The van der Waals surface area contributed by atoms with E-state index in [0.29, 0.717) is 6.61 Å². The molecule has 0 spiro atoms. The van der Waals surface area contributed by atoms with E-state index in [1.54, 1.807) is 0 Å². The number of benzene rings is 2. The average molecular weight is 641 g/mol. The molecule has 0 aromatic heterocycles. The van der Waals surface area contributed by atoms with Crippen LogP contribution in [0.15, 0.2) is 36.4 Å². The first kappa shape index (κ1) is 34.6. The van der Waals surface area contributed by atoms with E-state index in [4.69, 9.17) is 18.0 Å². The van der Waals surface area contributed by atoms with Gasteiger partial charge in [-0.3, -0.25) is 0 Å². The van der Waals surface area contributed by atoms with E-state index < -0.39 is 25.0 Å². The molecular formula is C36H60O4Si3. The van der Waals surface area contributed by atoms with Gasteiger partial charge in [-0.05, 0) is 102 Å². The van der Waals surface area contributed by atoms with Gasteiger partial charge < -0.3 is 18.0 Å². The number of hydrogen-bond acceptors (Lipinski definition) is 4. The van der Waals surface area contributed by atoms with Gasteiger partial charge in [-0.25, -0.2) is 0 Å². The smallest absolute Gasteiger partial charge is 0.193 e. The highest BCUT2D eigenvalue weighted by molar-refractivity contribution is 6.75. The summed E-state index contributed by atoms with van der Waals surface area (Å²) in [7, 11) is -6.41. The van der Waals surface area contributed by atoms with Crippen LogP contribution in [0.25, 0.3) is 0 Å². The number of hydrogen-bond donors (Lipinski definition) is 0. The topological polar surface area (TPSA) is 36.9 Å². The maximum atomic E-state index is 7.44. The molecule has 1 unspecified atom stereocenters. The van der Waals surface area contributed by atoms with E-state index >= 15 is 0 Å². The highest BCUT2D eigenvalue weighted by atomic mass is 28.4. The van der Waals surface area contributed by atoms with E-state index in [1.165, 1.54) is 22.3 Å². The first-order chi connectivity index (χ1) is 19.4. The van der Waals surface area contributed by atoms with Gasteiger partial charge in [0.2, 0.25) is 0 Å². The molecule has 0 saturated carbocycles. The van der Waals surface area contributed by atoms with Crippen LogP contribution < -0.4 is 4.74 Å². The second-order valence-corrected chi connectivity index (χ2v) is 32.0. The normalized spacial score (nSPS) is 21.5. The molecular weight excluding hydrogens is 581 g/mol. The summed E-state index contributed by atoms with van der Waals surface area (Å²) in [5, 5.41) is 0.228. The quantitative estimate of drug-likeness (QED) is 0.241. The Labute approximate surface area is 266 Å². The van der Waals surface area contributed by atoms with E-state index in [9.17, 15) is 0 Å². The molecule has 4 rings (SSSR count). The maximum absolute atomic E-state index is 7.44. The zero-order valence-electron chi connectivity index (χ0n) is 30.0. The lowest BCUT2D eigenvalue weighted by Gasteiger charge is -2.50.